The Kier molecular flexibility index (Phi) is 5.73. The number of amides is 2. The Balaban J connectivity index is 0.00000218. The van der Waals surface area contributed by atoms with Crippen molar-refractivity contribution < 1.29 is 4.79 Å². The summed E-state index contributed by atoms with van der Waals surface area (Å²) in [6, 6.07) is 8.52. The van der Waals surface area contributed by atoms with Crippen molar-refractivity contribution in [3.05, 3.63) is 55.8 Å². The fourth-order valence-corrected chi connectivity index (χ4v) is 4.48. The quantitative estimate of drug-likeness (QED) is 0.725. The molecule has 0 radical (unpaired) electrons. The molecular formula is C22H27ClN4O3. The fraction of sp³-hybridized carbons (Fsp3) is 0.500. The number of rotatable bonds is 4. The summed E-state index contributed by atoms with van der Waals surface area (Å²) in [5.41, 5.74) is 2.73. The van der Waals surface area contributed by atoms with Gasteiger partial charge in [-0.15, -0.1) is 12.4 Å². The van der Waals surface area contributed by atoms with E-state index >= 15 is 0 Å². The highest BCUT2D eigenvalue weighted by atomic mass is 35.5. The molecule has 2 N–H and O–H groups in total. The molecule has 1 aliphatic carbocycles. The highest BCUT2D eigenvalue weighted by molar-refractivity contribution is 5.85. The average molecular weight is 431 g/mol. The molecule has 2 aromatic carbocycles. The molecule has 2 fully saturated rings. The van der Waals surface area contributed by atoms with Crippen LogP contribution in [0.5, 0.6) is 0 Å². The number of halogens is 1. The molecule has 1 unspecified atom stereocenters. The number of hydrogen-bond donors (Lipinski definition) is 2. The van der Waals surface area contributed by atoms with E-state index in [0.717, 1.165) is 38.6 Å². The molecular weight excluding hydrogens is 404 g/mol. The van der Waals surface area contributed by atoms with Gasteiger partial charge in [0.1, 0.15) is 11.4 Å². The summed E-state index contributed by atoms with van der Waals surface area (Å²) in [4.78, 5) is 40.8. The molecule has 1 saturated carbocycles. The van der Waals surface area contributed by atoms with E-state index in [2.05, 4.69) is 22.8 Å². The molecule has 7 nitrogen and oxygen atoms in total. The van der Waals surface area contributed by atoms with Crippen molar-refractivity contribution >= 4 is 29.8 Å². The summed E-state index contributed by atoms with van der Waals surface area (Å²) in [7, 11) is 0. The van der Waals surface area contributed by atoms with Gasteiger partial charge in [0, 0.05) is 38.3 Å². The molecule has 0 aromatic heterocycles. The molecule has 160 valence electrons. The maximum absolute atomic E-state index is 12.8. The minimum absolute atomic E-state index is 0. The van der Waals surface area contributed by atoms with Gasteiger partial charge in [-0.1, -0.05) is 24.3 Å². The lowest BCUT2D eigenvalue weighted by Gasteiger charge is -2.37. The largest absolute Gasteiger partial charge is 0.377 e. The van der Waals surface area contributed by atoms with E-state index in [4.69, 9.17) is 0 Å². The first kappa shape index (κ1) is 20.7. The zero-order valence-corrected chi connectivity index (χ0v) is 17.7. The van der Waals surface area contributed by atoms with Crippen LogP contribution in [0.4, 0.5) is 16.2 Å². The number of carbonyl (C=O) groups excluding carboxylic acids is 1. The lowest BCUT2D eigenvalue weighted by molar-refractivity contribution is 0.186. The van der Waals surface area contributed by atoms with E-state index in [-0.39, 0.29) is 24.5 Å². The van der Waals surface area contributed by atoms with Gasteiger partial charge in [0.2, 0.25) is 0 Å². The van der Waals surface area contributed by atoms with Crippen LogP contribution < -0.4 is 26.4 Å². The van der Waals surface area contributed by atoms with E-state index in [1.807, 2.05) is 21.9 Å². The number of hydrogen-bond acceptors (Lipinski definition) is 5. The van der Waals surface area contributed by atoms with Gasteiger partial charge in [0.05, 0.1) is 0 Å². The van der Waals surface area contributed by atoms with Crippen molar-refractivity contribution in [3.63, 3.8) is 0 Å². The predicted octanol–water partition coefficient (Wildman–Crippen LogP) is 2.02. The van der Waals surface area contributed by atoms with Crippen LogP contribution >= 0.6 is 12.4 Å². The van der Waals surface area contributed by atoms with Gasteiger partial charge in [-0.3, -0.25) is 9.59 Å². The van der Waals surface area contributed by atoms with Crippen LogP contribution in [0, 0.1) is 0 Å². The maximum Gasteiger partial charge on any atom is 0.317 e. The predicted molar refractivity (Wildman–Crippen MR) is 120 cm³/mol. The first-order valence-electron chi connectivity index (χ1n) is 10.6. The molecule has 5 rings (SSSR count). The summed E-state index contributed by atoms with van der Waals surface area (Å²) in [5, 5.41) is 6.36. The van der Waals surface area contributed by atoms with Crippen LogP contribution in [-0.2, 0) is 13.0 Å². The normalized spacial score (nSPS) is 21.0. The molecule has 30 heavy (non-hydrogen) atoms. The van der Waals surface area contributed by atoms with E-state index in [0.29, 0.717) is 37.1 Å². The lowest BCUT2D eigenvalue weighted by Crippen LogP contribution is -2.54. The minimum atomic E-state index is -0.398. The lowest BCUT2D eigenvalue weighted by atomic mass is 10.00. The number of urea groups is 1. The van der Waals surface area contributed by atoms with Crippen molar-refractivity contribution in [2.24, 2.45) is 0 Å². The van der Waals surface area contributed by atoms with Gasteiger partial charge in [0.25, 0.3) is 10.9 Å². The molecule has 8 heteroatoms. The first-order chi connectivity index (χ1) is 14.1. The first-order valence-corrected chi connectivity index (χ1v) is 10.6. The summed E-state index contributed by atoms with van der Waals surface area (Å²) < 4.78 is 0. The molecule has 2 amide bonds. The zero-order chi connectivity index (χ0) is 20.0. The highest BCUT2D eigenvalue weighted by Gasteiger charge is 2.33. The van der Waals surface area contributed by atoms with E-state index in [9.17, 15) is 14.4 Å². The summed E-state index contributed by atoms with van der Waals surface area (Å²) in [6.45, 7) is 2.66. The van der Waals surface area contributed by atoms with E-state index in [1.54, 1.807) is 0 Å². The van der Waals surface area contributed by atoms with Crippen LogP contribution in [0.1, 0.15) is 36.8 Å². The van der Waals surface area contributed by atoms with Gasteiger partial charge in [-0.25, -0.2) is 4.79 Å². The third kappa shape index (κ3) is 3.90. The van der Waals surface area contributed by atoms with Crippen molar-refractivity contribution in [3.8, 4) is 0 Å². The number of fused-ring (bicyclic) bond motifs is 1. The Hall–Kier alpha value is -2.54. The van der Waals surface area contributed by atoms with Gasteiger partial charge < -0.3 is 20.4 Å². The number of benzene rings is 1. The number of carbonyl (C=O) groups is 1. The summed E-state index contributed by atoms with van der Waals surface area (Å²) >= 11 is 0. The van der Waals surface area contributed by atoms with Crippen molar-refractivity contribution in [1.82, 2.24) is 10.2 Å². The molecule has 1 atom stereocenters. The van der Waals surface area contributed by atoms with Crippen LogP contribution in [0.15, 0.2) is 33.9 Å². The van der Waals surface area contributed by atoms with Crippen molar-refractivity contribution in [2.75, 3.05) is 29.9 Å². The third-order valence-electron chi connectivity index (χ3n) is 6.29. The average Bonchev–Trinajstić information content (AvgIpc) is 3.57. The molecule has 3 aliphatic rings. The molecule has 1 saturated heterocycles. The Morgan fingerprint density at radius 3 is 2.50 bits per heavy atom. The van der Waals surface area contributed by atoms with E-state index < -0.39 is 10.9 Å². The van der Waals surface area contributed by atoms with Crippen LogP contribution in [0.3, 0.4) is 0 Å². The number of anilines is 2. The second-order valence-electron chi connectivity index (χ2n) is 8.48. The smallest absolute Gasteiger partial charge is 0.317 e. The monoisotopic (exact) mass is 430 g/mol. The minimum Gasteiger partial charge on any atom is -0.377 e. The number of nitrogens with one attached hydrogen (secondary N) is 2. The molecule has 2 aliphatic heterocycles. The fourth-order valence-electron chi connectivity index (χ4n) is 4.48. The molecule has 0 spiro atoms. The molecule has 0 bridgehead atoms. The van der Waals surface area contributed by atoms with Gasteiger partial charge in [0.15, 0.2) is 0 Å². The summed E-state index contributed by atoms with van der Waals surface area (Å²) in [6.07, 6.45) is 4.74. The van der Waals surface area contributed by atoms with E-state index in [1.165, 1.54) is 11.1 Å². The maximum atomic E-state index is 12.8. The third-order valence-corrected chi connectivity index (χ3v) is 6.29. The highest BCUT2D eigenvalue weighted by Crippen LogP contribution is 2.30. The molecule has 2 heterocycles. The second-order valence-corrected chi connectivity index (χ2v) is 8.48. The SMILES string of the molecule is Cl.O=C(NC1CCCN(c2c(NC3CC3)c(=O)c2=O)C1)N1CCc2ccccc2C1. The van der Waals surface area contributed by atoms with Gasteiger partial charge in [-0.2, -0.15) is 0 Å². The van der Waals surface area contributed by atoms with Crippen LogP contribution in [-0.4, -0.2) is 42.6 Å². The summed E-state index contributed by atoms with van der Waals surface area (Å²) in [5.74, 6) is 0. The standard InChI is InChI=1S/C22H26N4O3.ClH/c27-20-18(23-16-7-8-16)19(21(20)28)25-10-3-6-17(13-25)24-22(29)26-11-9-14-4-1-2-5-15(14)12-26;/h1-2,4-5,16-17,23H,3,6-13H2,(H,24,29);1H. The Labute approximate surface area is 181 Å². The number of piperidine rings is 1. The van der Waals surface area contributed by atoms with Gasteiger partial charge in [-0.05, 0) is 43.2 Å². The van der Waals surface area contributed by atoms with Crippen molar-refractivity contribution in [2.45, 2.75) is 50.7 Å². The van der Waals surface area contributed by atoms with Gasteiger partial charge >= 0.3 is 6.03 Å². The topological polar surface area (TPSA) is 81.8 Å². The second kappa shape index (κ2) is 8.30. The zero-order valence-electron chi connectivity index (χ0n) is 16.9. The Bertz CT molecular complexity index is 1010. The van der Waals surface area contributed by atoms with Crippen LogP contribution in [0.2, 0.25) is 0 Å². The Morgan fingerprint density at radius 2 is 1.73 bits per heavy atom. The Morgan fingerprint density at radius 1 is 0.967 bits per heavy atom. The van der Waals surface area contributed by atoms with Crippen LogP contribution in [0.25, 0.3) is 0 Å². The number of nitrogens with zero attached hydrogens (tertiary/aromatic N) is 2. The molecule has 2 aromatic rings. The van der Waals surface area contributed by atoms with Crippen molar-refractivity contribution in [1.29, 1.82) is 0 Å².